The Morgan fingerprint density at radius 1 is 0.431 bits per heavy atom. The molecule has 0 saturated heterocycles. The number of aliphatic imine (C=N–C) groups is 1. The van der Waals surface area contributed by atoms with Crippen LogP contribution in [0.3, 0.4) is 0 Å². The molecule has 3 heterocycles. The van der Waals surface area contributed by atoms with E-state index in [1.54, 1.807) is 0 Å². The highest BCUT2D eigenvalue weighted by atomic mass is 15.2. The van der Waals surface area contributed by atoms with Gasteiger partial charge in [-0.15, -0.1) is 0 Å². The predicted molar refractivity (Wildman–Crippen MR) is 243 cm³/mol. The monoisotopic (exact) mass is 743 g/mol. The van der Waals surface area contributed by atoms with Crippen LogP contribution in [-0.4, -0.2) is 20.6 Å². The van der Waals surface area contributed by atoms with E-state index in [-0.39, 0.29) is 0 Å². The van der Waals surface area contributed by atoms with E-state index in [1.165, 1.54) is 21.5 Å². The molecule has 5 nitrogen and oxygen atoms in total. The van der Waals surface area contributed by atoms with Crippen molar-refractivity contribution in [1.29, 1.82) is 5.41 Å². The molecule has 0 saturated carbocycles. The first kappa shape index (κ1) is 33.6. The molecule has 1 N–H and O–H groups in total. The van der Waals surface area contributed by atoms with Crippen molar-refractivity contribution < 1.29 is 0 Å². The van der Waals surface area contributed by atoms with Crippen LogP contribution in [0.2, 0.25) is 0 Å². The molecule has 0 fully saturated rings. The molecule has 8 aromatic carbocycles. The van der Waals surface area contributed by atoms with E-state index in [1.807, 2.05) is 24.3 Å². The normalized spacial score (nSPS) is 13.9. The third-order valence-electron chi connectivity index (χ3n) is 11.5. The van der Waals surface area contributed by atoms with Crippen LogP contribution in [0.15, 0.2) is 211 Å². The fraction of sp³-hybridized carbons (Fsp3) is 0.0189. The molecule has 58 heavy (non-hydrogen) atoms. The second-order valence-electron chi connectivity index (χ2n) is 14.8. The zero-order valence-electron chi connectivity index (χ0n) is 31.8. The highest BCUT2D eigenvalue weighted by Gasteiger charge is 2.34. The third-order valence-corrected chi connectivity index (χ3v) is 11.5. The molecule has 2 aromatic heterocycles. The van der Waals surface area contributed by atoms with E-state index in [0.717, 1.165) is 78.6 Å². The van der Waals surface area contributed by atoms with E-state index in [0.29, 0.717) is 5.71 Å². The number of benzene rings is 8. The fourth-order valence-corrected chi connectivity index (χ4v) is 8.84. The summed E-state index contributed by atoms with van der Waals surface area (Å²) in [4.78, 5) is 7.82. The van der Waals surface area contributed by atoms with Gasteiger partial charge in [0, 0.05) is 55.4 Å². The average molecular weight is 744 g/mol. The van der Waals surface area contributed by atoms with Gasteiger partial charge in [-0.25, -0.2) is 0 Å². The van der Waals surface area contributed by atoms with Crippen LogP contribution >= 0.6 is 0 Å². The second-order valence-corrected chi connectivity index (χ2v) is 14.8. The number of rotatable bonds is 6. The van der Waals surface area contributed by atoms with E-state index >= 15 is 0 Å². The third kappa shape index (κ3) is 5.25. The van der Waals surface area contributed by atoms with Crippen LogP contribution in [-0.2, 0) is 0 Å². The fourth-order valence-electron chi connectivity index (χ4n) is 8.84. The van der Waals surface area contributed by atoms with Crippen molar-refractivity contribution in [2.24, 2.45) is 4.99 Å². The molecule has 0 bridgehead atoms. The molecule has 0 unspecified atom stereocenters. The SMILES string of the molecule is C/C(=N\C(=C1/C(=N)c2ccccc2N1c1ccccc1)c1cccc(-n2c3ccccc3c3ccccc32)c1)c1ccc2c3ccccc3n(-c3ccccc3)c2c1. The number of allylic oxidation sites excluding steroid dienone is 1. The topological polar surface area (TPSA) is 49.3 Å². The summed E-state index contributed by atoms with van der Waals surface area (Å²) in [7, 11) is 0. The summed E-state index contributed by atoms with van der Waals surface area (Å²) in [5.41, 5.74) is 14.2. The minimum atomic E-state index is 0.438. The van der Waals surface area contributed by atoms with Gasteiger partial charge in [-0.05, 0) is 79.2 Å². The maximum atomic E-state index is 9.82. The lowest BCUT2D eigenvalue weighted by Crippen LogP contribution is -2.17. The highest BCUT2D eigenvalue weighted by molar-refractivity contribution is 6.26. The zero-order valence-corrected chi connectivity index (χ0v) is 31.8. The maximum absolute atomic E-state index is 9.82. The van der Waals surface area contributed by atoms with Gasteiger partial charge in [-0.1, -0.05) is 133 Å². The van der Waals surface area contributed by atoms with Gasteiger partial charge in [0.2, 0.25) is 0 Å². The lowest BCUT2D eigenvalue weighted by molar-refractivity contribution is 1.17. The number of anilines is 2. The molecule has 0 spiro atoms. The Labute approximate surface area is 336 Å². The summed E-state index contributed by atoms with van der Waals surface area (Å²) in [6.45, 7) is 2.09. The summed E-state index contributed by atoms with van der Waals surface area (Å²) in [6.07, 6.45) is 0. The van der Waals surface area contributed by atoms with Gasteiger partial charge in [-0.3, -0.25) is 10.4 Å². The lowest BCUT2D eigenvalue weighted by Gasteiger charge is -2.23. The Hall–Kier alpha value is -7.76. The van der Waals surface area contributed by atoms with Crippen molar-refractivity contribution in [3.05, 3.63) is 223 Å². The van der Waals surface area contributed by atoms with E-state index in [9.17, 15) is 5.41 Å². The first-order valence-corrected chi connectivity index (χ1v) is 19.6. The number of para-hydroxylation sites is 6. The van der Waals surface area contributed by atoms with Crippen LogP contribution < -0.4 is 4.90 Å². The van der Waals surface area contributed by atoms with Gasteiger partial charge < -0.3 is 14.0 Å². The number of fused-ring (bicyclic) bond motifs is 7. The lowest BCUT2D eigenvalue weighted by atomic mass is 10.0. The van der Waals surface area contributed by atoms with Crippen LogP contribution in [0, 0.1) is 5.41 Å². The Morgan fingerprint density at radius 3 is 1.60 bits per heavy atom. The Bertz CT molecular complexity index is 3260. The molecule has 11 rings (SSSR count). The van der Waals surface area contributed by atoms with E-state index < -0.39 is 0 Å². The van der Waals surface area contributed by atoms with E-state index in [4.69, 9.17) is 4.99 Å². The van der Waals surface area contributed by atoms with Gasteiger partial charge in [-0.2, -0.15) is 0 Å². The number of hydrogen-bond donors (Lipinski definition) is 1. The molecule has 1 aliphatic heterocycles. The molecule has 274 valence electrons. The molecule has 0 aliphatic carbocycles. The van der Waals surface area contributed by atoms with Crippen molar-refractivity contribution in [3.63, 3.8) is 0 Å². The van der Waals surface area contributed by atoms with Gasteiger partial charge in [0.25, 0.3) is 0 Å². The maximum Gasteiger partial charge on any atom is 0.0985 e. The number of nitrogens with zero attached hydrogens (tertiary/aromatic N) is 4. The van der Waals surface area contributed by atoms with Gasteiger partial charge in [0.05, 0.1) is 44.9 Å². The summed E-state index contributed by atoms with van der Waals surface area (Å²) < 4.78 is 4.68. The van der Waals surface area contributed by atoms with Crippen LogP contribution in [0.5, 0.6) is 0 Å². The van der Waals surface area contributed by atoms with E-state index in [2.05, 4.69) is 197 Å². The molecule has 10 aromatic rings. The molecular formula is C53H37N5. The average Bonchev–Trinajstić information content (AvgIpc) is 3.91. The summed E-state index contributed by atoms with van der Waals surface area (Å²) in [5, 5.41) is 14.6. The molecule has 0 atom stereocenters. The molecule has 0 amide bonds. The van der Waals surface area contributed by atoms with Crippen molar-refractivity contribution in [2.75, 3.05) is 4.90 Å². The van der Waals surface area contributed by atoms with Gasteiger partial charge in [0.15, 0.2) is 0 Å². The van der Waals surface area contributed by atoms with Crippen LogP contribution in [0.4, 0.5) is 11.4 Å². The smallest absolute Gasteiger partial charge is 0.0985 e. The van der Waals surface area contributed by atoms with Gasteiger partial charge in [0.1, 0.15) is 0 Å². The van der Waals surface area contributed by atoms with Gasteiger partial charge >= 0.3 is 0 Å². The summed E-state index contributed by atoms with van der Waals surface area (Å²) in [5.74, 6) is 0. The number of nitrogens with one attached hydrogen (secondary N) is 1. The van der Waals surface area contributed by atoms with Crippen molar-refractivity contribution in [2.45, 2.75) is 6.92 Å². The van der Waals surface area contributed by atoms with Crippen molar-refractivity contribution in [1.82, 2.24) is 9.13 Å². The Morgan fingerprint density at radius 2 is 0.948 bits per heavy atom. The standard InChI is InChI=1S/C53H37N5/c1-35(36-31-32-44-43-25-10-12-27-46(43)56(50(44)34-36)38-18-4-2-5-19-38)55-52(53-51(54)45-26-11-15-30-49(45)58(53)39-20-6-3-7-21-39)37-17-16-22-40(33-37)57-47-28-13-8-23-41(47)42-24-9-14-29-48(42)57/h2-34,54H,1H3/b53-52+,54-51?,55-35+. The Balaban J connectivity index is 1.17. The number of aromatic nitrogens is 2. The van der Waals surface area contributed by atoms with Crippen molar-refractivity contribution in [3.8, 4) is 11.4 Å². The molecule has 1 aliphatic rings. The number of hydrogen-bond acceptors (Lipinski definition) is 3. The van der Waals surface area contributed by atoms with Crippen LogP contribution in [0.25, 0.3) is 60.7 Å². The van der Waals surface area contributed by atoms with Crippen molar-refractivity contribution >= 4 is 72.1 Å². The molecular weight excluding hydrogens is 707 g/mol. The molecule has 0 radical (unpaired) electrons. The zero-order chi connectivity index (χ0) is 38.7. The molecule has 5 heteroatoms. The summed E-state index contributed by atoms with van der Waals surface area (Å²) in [6, 6.07) is 70.2. The largest absolute Gasteiger partial charge is 0.309 e. The summed E-state index contributed by atoms with van der Waals surface area (Å²) >= 11 is 0. The minimum Gasteiger partial charge on any atom is -0.309 e. The predicted octanol–water partition coefficient (Wildman–Crippen LogP) is 13.3. The minimum absolute atomic E-state index is 0.438. The van der Waals surface area contributed by atoms with Crippen LogP contribution in [0.1, 0.15) is 23.6 Å². The first-order valence-electron chi connectivity index (χ1n) is 19.6. The first-order chi connectivity index (χ1) is 28.6. The highest BCUT2D eigenvalue weighted by Crippen LogP contribution is 2.44. The second kappa shape index (κ2) is 13.5. The Kier molecular flexibility index (Phi) is 7.79. The quantitative estimate of drug-likeness (QED) is 0.169.